The molecule has 2 N–H and O–H groups in total. The number of amides is 1. The van der Waals surface area contributed by atoms with Crippen molar-refractivity contribution in [2.24, 2.45) is 7.05 Å². The Balaban J connectivity index is 2.01. The molecule has 1 amide bonds. The number of hydrogen-bond acceptors (Lipinski definition) is 3. The molecular weight excluding hydrogens is 218 g/mol. The monoisotopic (exact) mass is 231 g/mol. The van der Waals surface area contributed by atoms with Crippen molar-refractivity contribution in [3.63, 3.8) is 0 Å². The van der Waals surface area contributed by atoms with Gasteiger partial charge in [-0.2, -0.15) is 0 Å². The van der Waals surface area contributed by atoms with Gasteiger partial charge in [0.1, 0.15) is 11.6 Å². The van der Waals surface area contributed by atoms with E-state index in [4.69, 9.17) is 0 Å². The summed E-state index contributed by atoms with van der Waals surface area (Å²) in [6, 6.07) is 6.44. The number of benzene rings is 1. The summed E-state index contributed by atoms with van der Waals surface area (Å²) in [5.74, 6) is 0.660. The second-order valence-corrected chi connectivity index (χ2v) is 3.73. The Kier molecular flexibility index (Phi) is 3.09. The lowest BCUT2D eigenvalue weighted by Gasteiger charge is -2.05. The average molecular weight is 231 g/mol. The third-order valence-corrected chi connectivity index (χ3v) is 2.37. The Hall–Kier alpha value is -2.30. The van der Waals surface area contributed by atoms with Crippen LogP contribution in [-0.2, 0) is 18.3 Å². The van der Waals surface area contributed by atoms with Crippen LogP contribution in [0, 0.1) is 0 Å². The molecule has 5 heteroatoms. The number of carbonyl (C=O) groups is 1. The number of imidazole rings is 1. The molecule has 0 fully saturated rings. The number of aromatic hydroxyl groups is 1. The Bertz CT molecular complexity index is 534. The second-order valence-electron chi connectivity index (χ2n) is 3.73. The molecule has 5 nitrogen and oxygen atoms in total. The topological polar surface area (TPSA) is 67.2 Å². The number of phenolic OH excluding ortho intramolecular Hbond substituents is 1. The van der Waals surface area contributed by atoms with Crippen molar-refractivity contribution in [3.8, 4) is 5.75 Å². The first-order valence-electron chi connectivity index (χ1n) is 5.20. The second kappa shape index (κ2) is 4.69. The van der Waals surface area contributed by atoms with Crippen LogP contribution >= 0.6 is 0 Å². The summed E-state index contributed by atoms with van der Waals surface area (Å²) in [5, 5.41) is 12.0. The molecule has 0 spiro atoms. The zero-order chi connectivity index (χ0) is 12.3. The van der Waals surface area contributed by atoms with Crippen molar-refractivity contribution < 1.29 is 9.90 Å². The van der Waals surface area contributed by atoms with Gasteiger partial charge in [0.25, 0.3) is 0 Å². The molecule has 88 valence electrons. The molecule has 0 radical (unpaired) electrons. The normalized spacial score (nSPS) is 10.2. The number of carbonyl (C=O) groups excluding carboxylic acids is 1. The van der Waals surface area contributed by atoms with Gasteiger partial charge in [0.05, 0.1) is 6.42 Å². The highest BCUT2D eigenvalue weighted by atomic mass is 16.3. The minimum atomic E-state index is -0.162. The molecular formula is C12H13N3O2. The van der Waals surface area contributed by atoms with E-state index in [9.17, 15) is 9.90 Å². The summed E-state index contributed by atoms with van der Waals surface area (Å²) in [4.78, 5) is 15.8. The van der Waals surface area contributed by atoms with E-state index in [0.29, 0.717) is 11.5 Å². The van der Waals surface area contributed by atoms with Crippen LogP contribution in [0.25, 0.3) is 0 Å². The Labute approximate surface area is 98.7 Å². The van der Waals surface area contributed by atoms with Gasteiger partial charge in [0, 0.05) is 31.2 Å². The van der Waals surface area contributed by atoms with Crippen molar-refractivity contribution >= 4 is 11.6 Å². The Morgan fingerprint density at radius 3 is 3.00 bits per heavy atom. The van der Waals surface area contributed by atoms with Gasteiger partial charge in [-0.25, -0.2) is 4.98 Å². The first-order chi connectivity index (χ1) is 8.15. The quantitative estimate of drug-likeness (QED) is 0.836. The van der Waals surface area contributed by atoms with Gasteiger partial charge < -0.3 is 15.0 Å². The number of phenols is 1. The van der Waals surface area contributed by atoms with E-state index < -0.39 is 0 Å². The van der Waals surface area contributed by atoms with Crippen molar-refractivity contribution in [2.45, 2.75) is 6.42 Å². The van der Waals surface area contributed by atoms with Crippen molar-refractivity contribution in [1.29, 1.82) is 0 Å². The van der Waals surface area contributed by atoms with Crippen LogP contribution in [0.5, 0.6) is 5.75 Å². The van der Waals surface area contributed by atoms with Crippen molar-refractivity contribution in [2.75, 3.05) is 5.32 Å². The van der Waals surface area contributed by atoms with E-state index in [1.807, 2.05) is 7.05 Å². The highest BCUT2D eigenvalue weighted by Crippen LogP contribution is 2.15. The predicted molar refractivity (Wildman–Crippen MR) is 63.6 cm³/mol. The van der Waals surface area contributed by atoms with Crippen LogP contribution in [0.15, 0.2) is 36.7 Å². The van der Waals surface area contributed by atoms with Gasteiger partial charge in [-0.3, -0.25) is 4.79 Å². The van der Waals surface area contributed by atoms with Crippen LogP contribution in [0.3, 0.4) is 0 Å². The molecule has 1 aromatic heterocycles. The van der Waals surface area contributed by atoms with Gasteiger partial charge in [0.15, 0.2) is 0 Å². The number of hydrogen-bond donors (Lipinski definition) is 2. The minimum Gasteiger partial charge on any atom is -0.508 e. The number of aromatic nitrogens is 2. The molecule has 17 heavy (non-hydrogen) atoms. The smallest absolute Gasteiger partial charge is 0.231 e. The fourth-order valence-electron chi connectivity index (χ4n) is 1.50. The molecule has 0 aliphatic carbocycles. The Morgan fingerprint density at radius 1 is 1.53 bits per heavy atom. The summed E-state index contributed by atoms with van der Waals surface area (Å²) >= 11 is 0. The minimum absolute atomic E-state index is 0.125. The molecule has 1 heterocycles. The highest BCUT2D eigenvalue weighted by Gasteiger charge is 2.07. The van der Waals surface area contributed by atoms with E-state index in [1.54, 1.807) is 35.2 Å². The number of nitrogens with one attached hydrogen (secondary N) is 1. The molecule has 0 atom stereocenters. The predicted octanol–water partition coefficient (Wildman–Crippen LogP) is 1.31. The van der Waals surface area contributed by atoms with E-state index >= 15 is 0 Å². The highest BCUT2D eigenvalue weighted by molar-refractivity contribution is 5.92. The fourth-order valence-corrected chi connectivity index (χ4v) is 1.50. The lowest BCUT2D eigenvalue weighted by Crippen LogP contribution is -2.16. The number of nitrogens with zero attached hydrogens (tertiary/aromatic N) is 2. The summed E-state index contributed by atoms with van der Waals surface area (Å²) in [5.41, 5.74) is 0.573. The lowest BCUT2D eigenvalue weighted by atomic mass is 10.3. The van der Waals surface area contributed by atoms with Crippen LogP contribution in [0.2, 0.25) is 0 Å². The van der Waals surface area contributed by atoms with E-state index in [-0.39, 0.29) is 18.1 Å². The lowest BCUT2D eigenvalue weighted by molar-refractivity contribution is -0.115. The van der Waals surface area contributed by atoms with Gasteiger partial charge in [-0.05, 0) is 12.1 Å². The van der Waals surface area contributed by atoms with Crippen molar-refractivity contribution in [1.82, 2.24) is 9.55 Å². The first-order valence-corrected chi connectivity index (χ1v) is 5.20. The van der Waals surface area contributed by atoms with Crippen molar-refractivity contribution in [3.05, 3.63) is 42.5 Å². The summed E-state index contributed by atoms with van der Waals surface area (Å²) in [6.45, 7) is 0. The largest absolute Gasteiger partial charge is 0.508 e. The molecule has 0 aliphatic rings. The van der Waals surface area contributed by atoms with E-state index in [2.05, 4.69) is 10.3 Å². The summed E-state index contributed by atoms with van der Waals surface area (Å²) in [7, 11) is 1.84. The molecule has 0 saturated carbocycles. The fraction of sp³-hybridized carbons (Fsp3) is 0.167. The molecule has 0 bridgehead atoms. The third-order valence-electron chi connectivity index (χ3n) is 2.37. The maximum Gasteiger partial charge on any atom is 0.231 e. The zero-order valence-corrected chi connectivity index (χ0v) is 9.42. The van der Waals surface area contributed by atoms with E-state index in [0.717, 1.165) is 0 Å². The Morgan fingerprint density at radius 2 is 2.35 bits per heavy atom. The molecule has 2 rings (SSSR count). The first kappa shape index (κ1) is 11.2. The van der Waals surface area contributed by atoms with Crippen LogP contribution in [0.4, 0.5) is 5.69 Å². The number of rotatable bonds is 3. The maximum atomic E-state index is 11.7. The summed E-state index contributed by atoms with van der Waals surface area (Å²) in [6.07, 6.45) is 3.65. The standard InChI is InChI=1S/C12H13N3O2/c1-15-6-5-13-11(15)8-12(17)14-9-3-2-4-10(16)7-9/h2-7,16H,8H2,1H3,(H,14,17). The van der Waals surface area contributed by atoms with Gasteiger partial charge in [-0.15, -0.1) is 0 Å². The van der Waals surface area contributed by atoms with Crippen LogP contribution < -0.4 is 5.32 Å². The molecule has 2 aromatic rings. The van der Waals surface area contributed by atoms with Gasteiger partial charge >= 0.3 is 0 Å². The van der Waals surface area contributed by atoms with Gasteiger partial charge in [-0.1, -0.05) is 6.07 Å². The molecule has 0 saturated heterocycles. The maximum absolute atomic E-state index is 11.7. The van der Waals surface area contributed by atoms with Crippen LogP contribution in [0.1, 0.15) is 5.82 Å². The van der Waals surface area contributed by atoms with Crippen LogP contribution in [-0.4, -0.2) is 20.6 Å². The number of anilines is 1. The van der Waals surface area contributed by atoms with Gasteiger partial charge in [0.2, 0.25) is 5.91 Å². The number of aryl methyl sites for hydroxylation is 1. The molecule has 0 aliphatic heterocycles. The SMILES string of the molecule is Cn1ccnc1CC(=O)Nc1cccc(O)c1. The average Bonchev–Trinajstić information content (AvgIpc) is 2.64. The zero-order valence-electron chi connectivity index (χ0n) is 9.42. The molecule has 0 unspecified atom stereocenters. The summed E-state index contributed by atoms with van der Waals surface area (Å²) < 4.78 is 1.79. The van der Waals surface area contributed by atoms with E-state index in [1.165, 1.54) is 6.07 Å². The third kappa shape index (κ3) is 2.84. The molecule has 1 aromatic carbocycles.